The normalized spacial score (nSPS) is 18.4. The van der Waals surface area contributed by atoms with Crippen LogP contribution in [0.2, 0.25) is 0 Å². The van der Waals surface area contributed by atoms with Crippen molar-refractivity contribution in [2.75, 3.05) is 26.2 Å². The summed E-state index contributed by atoms with van der Waals surface area (Å²) in [5, 5.41) is 3.42. The summed E-state index contributed by atoms with van der Waals surface area (Å²) in [5.41, 5.74) is 4.31. The van der Waals surface area contributed by atoms with Crippen molar-refractivity contribution in [2.24, 2.45) is 0 Å². The molecule has 94 valence electrons. The smallest absolute Gasteiger partial charge is 0.0405 e. The molecule has 2 nitrogen and oxygen atoms in total. The molecule has 1 saturated heterocycles. The zero-order chi connectivity index (χ0) is 12.5. The second-order valence-electron chi connectivity index (χ2n) is 5.67. The Labute approximate surface area is 105 Å². The molecule has 0 saturated carbocycles. The fraction of sp³-hybridized carbons (Fsp3) is 0.600. The molecule has 1 aromatic rings. The number of aryl methyl sites for hydroxylation is 2. The van der Waals surface area contributed by atoms with Crippen molar-refractivity contribution in [3.05, 3.63) is 34.9 Å². The molecule has 1 aliphatic rings. The molecule has 17 heavy (non-hydrogen) atoms. The van der Waals surface area contributed by atoms with Crippen LogP contribution in [-0.2, 0) is 5.54 Å². The Morgan fingerprint density at radius 2 is 1.53 bits per heavy atom. The minimum absolute atomic E-state index is 0.138. The van der Waals surface area contributed by atoms with Gasteiger partial charge in [0, 0.05) is 31.7 Å². The van der Waals surface area contributed by atoms with Gasteiger partial charge in [-0.15, -0.1) is 0 Å². The van der Waals surface area contributed by atoms with E-state index in [9.17, 15) is 0 Å². The Bertz CT molecular complexity index is 370. The average Bonchev–Trinajstić information content (AvgIpc) is 2.29. The van der Waals surface area contributed by atoms with Crippen molar-refractivity contribution >= 4 is 0 Å². The molecule has 0 spiro atoms. The van der Waals surface area contributed by atoms with Gasteiger partial charge in [0.15, 0.2) is 0 Å². The highest BCUT2D eigenvalue weighted by Crippen LogP contribution is 2.29. The molecule has 1 fully saturated rings. The number of nitrogens with one attached hydrogen (secondary N) is 1. The molecular formula is C15H24N2. The second-order valence-corrected chi connectivity index (χ2v) is 5.67. The Kier molecular flexibility index (Phi) is 3.55. The van der Waals surface area contributed by atoms with E-state index in [1.807, 2.05) is 0 Å². The zero-order valence-electron chi connectivity index (χ0n) is 11.5. The van der Waals surface area contributed by atoms with Crippen LogP contribution < -0.4 is 5.32 Å². The summed E-state index contributed by atoms with van der Waals surface area (Å²) < 4.78 is 0. The Hall–Kier alpha value is -0.860. The van der Waals surface area contributed by atoms with Gasteiger partial charge in [-0.05, 0) is 33.3 Å². The number of hydrogen-bond acceptors (Lipinski definition) is 2. The second kappa shape index (κ2) is 4.79. The first kappa shape index (κ1) is 12.6. The standard InChI is InChI=1S/C15H24N2/c1-12-9-13(2)11-14(10-12)15(3,4)17-7-5-16-6-8-17/h9-11,16H,5-8H2,1-4H3. The van der Waals surface area contributed by atoms with Crippen molar-refractivity contribution < 1.29 is 0 Å². The van der Waals surface area contributed by atoms with Gasteiger partial charge in [0.1, 0.15) is 0 Å². The molecule has 0 aliphatic carbocycles. The number of piperazine rings is 1. The van der Waals surface area contributed by atoms with Crippen molar-refractivity contribution in [3.63, 3.8) is 0 Å². The first-order valence-electron chi connectivity index (χ1n) is 6.55. The van der Waals surface area contributed by atoms with Crippen LogP contribution >= 0.6 is 0 Å². The lowest BCUT2D eigenvalue weighted by molar-refractivity contribution is 0.102. The summed E-state index contributed by atoms with van der Waals surface area (Å²) in [6.07, 6.45) is 0. The number of rotatable bonds is 2. The molecule has 0 unspecified atom stereocenters. The van der Waals surface area contributed by atoms with E-state index in [4.69, 9.17) is 0 Å². The lowest BCUT2D eigenvalue weighted by atomic mass is 9.89. The van der Waals surface area contributed by atoms with Gasteiger partial charge >= 0.3 is 0 Å². The van der Waals surface area contributed by atoms with E-state index < -0.39 is 0 Å². The predicted molar refractivity (Wildman–Crippen MR) is 73.4 cm³/mol. The maximum absolute atomic E-state index is 3.42. The minimum atomic E-state index is 0.138. The van der Waals surface area contributed by atoms with Gasteiger partial charge in [0.05, 0.1) is 0 Å². The molecule has 0 atom stereocenters. The summed E-state index contributed by atoms with van der Waals surface area (Å²) in [6, 6.07) is 6.90. The third-order valence-electron chi connectivity index (χ3n) is 3.84. The maximum atomic E-state index is 3.42. The molecule has 1 aliphatic heterocycles. The first-order valence-corrected chi connectivity index (χ1v) is 6.55. The minimum Gasteiger partial charge on any atom is -0.314 e. The van der Waals surface area contributed by atoms with Gasteiger partial charge in [-0.25, -0.2) is 0 Å². The molecule has 2 rings (SSSR count). The molecule has 0 amide bonds. The summed E-state index contributed by atoms with van der Waals surface area (Å²) in [5.74, 6) is 0. The topological polar surface area (TPSA) is 15.3 Å². The van der Waals surface area contributed by atoms with Gasteiger partial charge in [0.25, 0.3) is 0 Å². The highest BCUT2D eigenvalue weighted by atomic mass is 15.2. The monoisotopic (exact) mass is 232 g/mol. The van der Waals surface area contributed by atoms with Crippen LogP contribution in [0.25, 0.3) is 0 Å². The van der Waals surface area contributed by atoms with Crippen molar-refractivity contribution in [2.45, 2.75) is 33.2 Å². The third-order valence-corrected chi connectivity index (χ3v) is 3.84. The van der Waals surface area contributed by atoms with E-state index in [1.54, 1.807) is 0 Å². The van der Waals surface area contributed by atoms with Crippen LogP contribution in [0, 0.1) is 13.8 Å². The van der Waals surface area contributed by atoms with Gasteiger partial charge in [-0.3, -0.25) is 4.90 Å². The SMILES string of the molecule is Cc1cc(C)cc(C(C)(C)N2CCNCC2)c1. The molecule has 2 heteroatoms. The Morgan fingerprint density at radius 3 is 2.06 bits per heavy atom. The quantitative estimate of drug-likeness (QED) is 0.842. The van der Waals surface area contributed by atoms with Gasteiger partial charge in [-0.2, -0.15) is 0 Å². The van der Waals surface area contributed by atoms with E-state index in [-0.39, 0.29) is 5.54 Å². The summed E-state index contributed by atoms with van der Waals surface area (Å²) in [6.45, 7) is 13.5. The fourth-order valence-electron chi connectivity index (χ4n) is 2.73. The predicted octanol–water partition coefficient (Wildman–Crippen LogP) is 2.44. The fourth-order valence-corrected chi connectivity index (χ4v) is 2.73. The van der Waals surface area contributed by atoms with Crippen molar-refractivity contribution in [3.8, 4) is 0 Å². The highest BCUT2D eigenvalue weighted by Gasteiger charge is 2.29. The van der Waals surface area contributed by atoms with E-state index in [2.05, 4.69) is 56.1 Å². The van der Waals surface area contributed by atoms with E-state index in [0.717, 1.165) is 26.2 Å². The molecule has 0 radical (unpaired) electrons. The van der Waals surface area contributed by atoms with Crippen LogP contribution in [0.1, 0.15) is 30.5 Å². The largest absolute Gasteiger partial charge is 0.314 e. The Balaban J connectivity index is 2.29. The zero-order valence-corrected chi connectivity index (χ0v) is 11.5. The lowest BCUT2D eigenvalue weighted by Crippen LogP contribution is -2.51. The molecule has 1 N–H and O–H groups in total. The van der Waals surface area contributed by atoms with E-state index >= 15 is 0 Å². The maximum Gasteiger partial charge on any atom is 0.0405 e. The highest BCUT2D eigenvalue weighted by molar-refractivity contribution is 5.33. The molecule has 1 heterocycles. The molecule has 0 bridgehead atoms. The van der Waals surface area contributed by atoms with E-state index in [0.29, 0.717) is 0 Å². The van der Waals surface area contributed by atoms with Crippen LogP contribution in [0.5, 0.6) is 0 Å². The van der Waals surface area contributed by atoms with Crippen LogP contribution in [-0.4, -0.2) is 31.1 Å². The van der Waals surface area contributed by atoms with Crippen LogP contribution in [0.4, 0.5) is 0 Å². The van der Waals surface area contributed by atoms with Gasteiger partial charge in [0.2, 0.25) is 0 Å². The summed E-state index contributed by atoms with van der Waals surface area (Å²) in [7, 11) is 0. The molecular weight excluding hydrogens is 208 g/mol. The summed E-state index contributed by atoms with van der Waals surface area (Å²) >= 11 is 0. The van der Waals surface area contributed by atoms with Gasteiger partial charge < -0.3 is 5.32 Å². The lowest BCUT2D eigenvalue weighted by Gasteiger charge is -2.42. The van der Waals surface area contributed by atoms with Crippen molar-refractivity contribution in [1.29, 1.82) is 0 Å². The molecule has 1 aromatic carbocycles. The van der Waals surface area contributed by atoms with Crippen molar-refractivity contribution in [1.82, 2.24) is 10.2 Å². The number of benzene rings is 1. The first-order chi connectivity index (χ1) is 8.00. The number of hydrogen-bond donors (Lipinski definition) is 1. The average molecular weight is 232 g/mol. The molecule has 0 aromatic heterocycles. The van der Waals surface area contributed by atoms with Crippen LogP contribution in [0.3, 0.4) is 0 Å². The third kappa shape index (κ3) is 2.70. The Morgan fingerprint density at radius 1 is 1.00 bits per heavy atom. The van der Waals surface area contributed by atoms with Gasteiger partial charge in [-0.1, -0.05) is 29.3 Å². The summed E-state index contributed by atoms with van der Waals surface area (Å²) in [4.78, 5) is 2.58. The van der Waals surface area contributed by atoms with Crippen LogP contribution in [0.15, 0.2) is 18.2 Å². The van der Waals surface area contributed by atoms with E-state index in [1.165, 1.54) is 16.7 Å². The number of nitrogens with zero attached hydrogens (tertiary/aromatic N) is 1.